The summed E-state index contributed by atoms with van der Waals surface area (Å²) < 4.78 is 52.0. The van der Waals surface area contributed by atoms with E-state index in [0.29, 0.717) is 11.8 Å². The Labute approximate surface area is 115 Å². The van der Waals surface area contributed by atoms with Crippen molar-refractivity contribution in [2.45, 2.75) is 4.90 Å². The van der Waals surface area contributed by atoms with Gasteiger partial charge in [-0.05, 0) is 30.3 Å². The van der Waals surface area contributed by atoms with Crippen LogP contribution in [0.15, 0.2) is 47.4 Å². The van der Waals surface area contributed by atoms with Crippen LogP contribution in [-0.2, 0) is 10.0 Å². The lowest BCUT2D eigenvalue weighted by molar-refractivity contribution is 0.548. The molecule has 0 aliphatic rings. The molecule has 0 radical (unpaired) electrons. The third-order valence-corrected chi connectivity index (χ3v) is 4.58. The molecule has 0 bridgehead atoms. The molecule has 0 atom stereocenters. The topological polar surface area (TPSA) is 63.4 Å². The minimum atomic E-state index is -4.12. The Balaban J connectivity index is 2.49. The molecule has 0 heterocycles. The molecular weight excluding hydrogens is 286 g/mol. The Kier molecular flexibility index (Phi) is 3.63. The van der Waals surface area contributed by atoms with Crippen LogP contribution in [0.4, 0.5) is 20.2 Å². The van der Waals surface area contributed by atoms with Crippen LogP contribution in [-0.4, -0.2) is 15.5 Å². The van der Waals surface area contributed by atoms with Gasteiger partial charge < -0.3 is 5.73 Å². The van der Waals surface area contributed by atoms with Gasteiger partial charge in [0.2, 0.25) is 0 Å². The van der Waals surface area contributed by atoms with Crippen molar-refractivity contribution in [2.75, 3.05) is 17.1 Å². The predicted molar refractivity (Wildman–Crippen MR) is 72.8 cm³/mol. The van der Waals surface area contributed by atoms with Gasteiger partial charge in [-0.2, -0.15) is 0 Å². The maximum absolute atomic E-state index is 13.6. The number of nitrogens with zero attached hydrogens (tertiary/aromatic N) is 1. The van der Waals surface area contributed by atoms with E-state index in [2.05, 4.69) is 0 Å². The smallest absolute Gasteiger partial charge is 0.266 e. The summed E-state index contributed by atoms with van der Waals surface area (Å²) in [6.45, 7) is 0. The standard InChI is InChI=1S/C13H12F2N2O2S/c1-17(11-4-2-3-10(16)8-11)20(18,19)13-6-5-9(14)7-12(13)15/h2-8H,16H2,1H3. The van der Waals surface area contributed by atoms with Crippen LogP contribution in [0.5, 0.6) is 0 Å². The molecule has 0 unspecified atom stereocenters. The van der Waals surface area contributed by atoms with Crippen LogP contribution in [0.3, 0.4) is 0 Å². The molecule has 2 aromatic carbocycles. The summed E-state index contributed by atoms with van der Waals surface area (Å²) in [7, 11) is -2.85. The number of anilines is 2. The fourth-order valence-corrected chi connectivity index (χ4v) is 2.92. The van der Waals surface area contributed by atoms with Gasteiger partial charge >= 0.3 is 0 Å². The molecule has 0 spiro atoms. The lowest BCUT2D eigenvalue weighted by Gasteiger charge is -2.20. The third-order valence-electron chi connectivity index (χ3n) is 2.77. The highest BCUT2D eigenvalue weighted by atomic mass is 32.2. The molecule has 2 aromatic rings. The summed E-state index contributed by atoms with van der Waals surface area (Å²) in [5.41, 5.74) is 6.25. The van der Waals surface area contributed by atoms with Gasteiger partial charge in [-0.15, -0.1) is 0 Å². The number of rotatable bonds is 3. The monoisotopic (exact) mass is 298 g/mol. The van der Waals surface area contributed by atoms with E-state index in [1.807, 2.05) is 0 Å². The minimum Gasteiger partial charge on any atom is -0.399 e. The summed E-state index contributed by atoms with van der Waals surface area (Å²) in [6, 6.07) is 8.46. The molecule has 2 rings (SSSR count). The van der Waals surface area contributed by atoms with E-state index in [9.17, 15) is 17.2 Å². The second kappa shape index (κ2) is 5.09. The zero-order valence-corrected chi connectivity index (χ0v) is 11.4. The lowest BCUT2D eigenvalue weighted by atomic mass is 10.3. The normalized spacial score (nSPS) is 11.3. The van der Waals surface area contributed by atoms with Crippen LogP contribution in [0.25, 0.3) is 0 Å². The summed E-state index contributed by atoms with van der Waals surface area (Å²) in [6.07, 6.45) is 0. The molecular formula is C13H12F2N2O2S. The van der Waals surface area contributed by atoms with Crippen molar-refractivity contribution in [3.63, 3.8) is 0 Å². The van der Waals surface area contributed by atoms with Gasteiger partial charge in [-0.25, -0.2) is 17.2 Å². The van der Waals surface area contributed by atoms with Gasteiger partial charge in [0.05, 0.1) is 5.69 Å². The summed E-state index contributed by atoms with van der Waals surface area (Å²) in [5, 5.41) is 0. The first-order valence-electron chi connectivity index (χ1n) is 5.62. The number of nitrogen functional groups attached to an aromatic ring is 1. The Morgan fingerprint density at radius 1 is 1.10 bits per heavy atom. The first-order valence-corrected chi connectivity index (χ1v) is 7.06. The number of benzene rings is 2. The molecule has 2 N–H and O–H groups in total. The van der Waals surface area contributed by atoms with Crippen LogP contribution >= 0.6 is 0 Å². The Bertz CT molecular complexity index is 748. The second-order valence-electron chi connectivity index (χ2n) is 4.14. The van der Waals surface area contributed by atoms with Gasteiger partial charge in [-0.1, -0.05) is 6.07 Å². The van der Waals surface area contributed by atoms with E-state index in [4.69, 9.17) is 5.73 Å². The molecule has 7 heteroatoms. The van der Waals surface area contributed by atoms with Crippen molar-refractivity contribution in [1.29, 1.82) is 0 Å². The van der Waals surface area contributed by atoms with E-state index in [1.54, 1.807) is 12.1 Å². The first kappa shape index (κ1) is 14.3. The number of sulfonamides is 1. The van der Waals surface area contributed by atoms with Crippen molar-refractivity contribution >= 4 is 21.4 Å². The lowest BCUT2D eigenvalue weighted by Crippen LogP contribution is -2.27. The van der Waals surface area contributed by atoms with Crippen LogP contribution in [0, 0.1) is 11.6 Å². The Morgan fingerprint density at radius 2 is 1.80 bits per heavy atom. The third kappa shape index (κ3) is 2.57. The molecule has 0 saturated carbocycles. The van der Waals surface area contributed by atoms with Gasteiger partial charge in [0.25, 0.3) is 10.0 Å². The number of hydrogen-bond acceptors (Lipinski definition) is 3. The van der Waals surface area contributed by atoms with E-state index >= 15 is 0 Å². The molecule has 0 aliphatic carbocycles. The highest BCUT2D eigenvalue weighted by Gasteiger charge is 2.25. The second-order valence-corrected chi connectivity index (χ2v) is 6.08. The van der Waals surface area contributed by atoms with Gasteiger partial charge in [0, 0.05) is 18.8 Å². The van der Waals surface area contributed by atoms with Crippen LogP contribution in [0.2, 0.25) is 0 Å². The van der Waals surface area contributed by atoms with E-state index in [0.717, 1.165) is 16.4 Å². The molecule has 0 fully saturated rings. The maximum atomic E-state index is 13.6. The molecule has 20 heavy (non-hydrogen) atoms. The summed E-state index contributed by atoms with van der Waals surface area (Å²) in [5.74, 6) is -1.98. The average Bonchev–Trinajstić information content (AvgIpc) is 2.37. The highest BCUT2D eigenvalue weighted by Crippen LogP contribution is 2.25. The molecule has 0 saturated heterocycles. The molecule has 4 nitrogen and oxygen atoms in total. The molecule has 106 valence electrons. The zero-order chi connectivity index (χ0) is 14.9. The Morgan fingerprint density at radius 3 is 2.40 bits per heavy atom. The highest BCUT2D eigenvalue weighted by molar-refractivity contribution is 7.92. The first-order chi connectivity index (χ1) is 9.32. The zero-order valence-electron chi connectivity index (χ0n) is 10.5. The van der Waals surface area contributed by atoms with Crippen LogP contribution < -0.4 is 10.0 Å². The maximum Gasteiger partial charge on any atom is 0.266 e. The largest absolute Gasteiger partial charge is 0.399 e. The van der Waals surface area contributed by atoms with Gasteiger partial charge in [0.1, 0.15) is 16.5 Å². The fourth-order valence-electron chi connectivity index (χ4n) is 1.69. The number of nitrogens with two attached hydrogens (primary N) is 1. The Hall–Kier alpha value is -2.15. The average molecular weight is 298 g/mol. The van der Waals surface area contributed by atoms with Gasteiger partial charge in [0.15, 0.2) is 0 Å². The quantitative estimate of drug-likeness (QED) is 0.885. The molecule has 0 aromatic heterocycles. The number of halogens is 2. The van der Waals surface area contributed by atoms with Crippen molar-refractivity contribution in [2.24, 2.45) is 0 Å². The fraction of sp³-hybridized carbons (Fsp3) is 0.0769. The van der Waals surface area contributed by atoms with Crippen molar-refractivity contribution < 1.29 is 17.2 Å². The molecule has 0 aliphatic heterocycles. The minimum absolute atomic E-state index is 0.286. The summed E-state index contributed by atoms with van der Waals surface area (Å²) >= 11 is 0. The number of hydrogen-bond donors (Lipinski definition) is 1. The van der Waals surface area contributed by atoms with Crippen molar-refractivity contribution in [1.82, 2.24) is 0 Å². The van der Waals surface area contributed by atoms with E-state index < -0.39 is 26.6 Å². The SMILES string of the molecule is CN(c1cccc(N)c1)S(=O)(=O)c1ccc(F)cc1F. The van der Waals surface area contributed by atoms with Crippen molar-refractivity contribution in [3.05, 3.63) is 54.1 Å². The van der Waals surface area contributed by atoms with E-state index in [1.165, 1.54) is 19.2 Å². The van der Waals surface area contributed by atoms with Crippen molar-refractivity contribution in [3.8, 4) is 0 Å². The van der Waals surface area contributed by atoms with Crippen LogP contribution in [0.1, 0.15) is 0 Å². The summed E-state index contributed by atoms with van der Waals surface area (Å²) in [4.78, 5) is -0.594. The van der Waals surface area contributed by atoms with E-state index in [-0.39, 0.29) is 5.69 Å². The predicted octanol–water partition coefficient (Wildman–Crippen LogP) is 2.37. The van der Waals surface area contributed by atoms with Gasteiger partial charge in [-0.3, -0.25) is 4.31 Å². The molecule has 0 amide bonds.